The first-order valence-electron chi connectivity index (χ1n) is 9.56. The summed E-state index contributed by atoms with van der Waals surface area (Å²) in [6, 6.07) is 5.02. The van der Waals surface area contributed by atoms with E-state index >= 15 is 0 Å². The Morgan fingerprint density at radius 3 is 2.13 bits per heavy atom. The Hall–Kier alpha value is -2.05. The highest BCUT2D eigenvalue weighted by molar-refractivity contribution is 7.91. The van der Waals surface area contributed by atoms with Crippen LogP contribution in [-0.4, -0.2) is 62.0 Å². The summed E-state index contributed by atoms with van der Waals surface area (Å²) in [7, 11) is -3.93. The minimum atomic E-state index is -4.77. The largest absolute Gasteiger partial charge is 0.573 e. The average Bonchev–Trinajstić information content (AvgIpc) is 2.69. The molecule has 0 radical (unpaired) electrons. The Kier molecular flexibility index (Phi) is 6.48. The number of nitrogens with two attached hydrogens (primary N) is 1. The lowest BCUT2D eigenvalue weighted by Crippen LogP contribution is -2.61. The van der Waals surface area contributed by atoms with Crippen molar-refractivity contribution in [2.75, 3.05) is 26.2 Å². The third kappa shape index (κ3) is 4.81. The summed E-state index contributed by atoms with van der Waals surface area (Å²) in [5, 5.41) is 3.04. The number of sulfonamides is 1. The van der Waals surface area contributed by atoms with Crippen LogP contribution in [0.15, 0.2) is 24.3 Å². The summed E-state index contributed by atoms with van der Waals surface area (Å²) in [4.78, 5) is 12.1. The molecule has 2 heterocycles. The summed E-state index contributed by atoms with van der Waals surface area (Å²) in [6.45, 7) is 1.14. The number of rotatable bonds is 6. The van der Waals surface area contributed by atoms with E-state index in [1.165, 1.54) is 16.4 Å². The van der Waals surface area contributed by atoms with Crippen molar-refractivity contribution < 1.29 is 35.9 Å². The maximum atomic E-state index is 13.2. The zero-order chi connectivity index (χ0) is 22.0. The van der Waals surface area contributed by atoms with E-state index in [2.05, 4.69) is 10.1 Å². The molecule has 0 aliphatic carbocycles. The number of piperidine rings is 2. The predicted molar refractivity (Wildman–Crippen MR) is 101 cm³/mol. The number of halogens is 3. The molecule has 0 unspecified atom stereocenters. The summed E-state index contributed by atoms with van der Waals surface area (Å²) in [5.41, 5.74) is 5.50. The number of ether oxygens (including phenoxy) is 2. The van der Waals surface area contributed by atoms with Crippen molar-refractivity contribution in [1.29, 1.82) is 0 Å². The highest BCUT2D eigenvalue weighted by Gasteiger charge is 2.53. The van der Waals surface area contributed by atoms with Gasteiger partial charge >= 0.3 is 6.36 Å². The van der Waals surface area contributed by atoms with Crippen LogP contribution in [0.3, 0.4) is 0 Å². The molecule has 3 N–H and O–H groups in total. The quantitative estimate of drug-likeness (QED) is 0.676. The first-order chi connectivity index (χ1) is 14.0. The number of alkyl halides is 3. The van der Waals surface area contributed by atoms with Gasteiger partial charge in [0.25, 0.3) is 0 Å². The van der Waals surface area contributed by atoms with E-state index in [4.69, 9.17) is 10.5 Å². The Labute approximate surface area is 172 Å². The fourth-order valence-electron chi connectivity index (χ4n) is 3.81. The number of hydrogen-bond acceptors (Lipinski definition) is 6. The van der Waals surface area contributed by atoms with E-state index in [9.17, 15) is 26.4 Å². The van der Waals surface area contributed by atoms with Gasteiger partial charge in [-0.25, -0.2) is 12.7 Å². The van der Waals surface area contributed by atoms with Crippen LogP contribution in [0, 0.1) is 0 Å². The lowest BCUT2D eigenvalue weighted by atomic mass is 9.96. The molecule has 3 rings (SSSR count). The van der Waals surface area contributed by atoms with Crippen LogP contribution in [0.2, 0.25) is 0 Å². The Morgan fingerprint density at radius 2 is 1.63 bits per heavy atom. The van der Waals surface area contributed by atoms with Crippen molar-refractivity contribution in [3.63, 3.8) is 0 Å². The van der Waals surface area contributed by atoms with Crippen LogP contribution in [0.5, 0.6) is 11.5 Å². The molecule has 0 bridgehead atoms. The number of amides is 1. The monoisotopic (exact) mass is 451 g/mol. The van der Waals surface area contributed by atoms with E-state index < -0.39 is 27.0 Å². The van der Waals surface area contributed by atoms with Crippen molar-refractivity contribution in [1.82, 2.24) is 9.62 Å². The zero-order valence-electron chi connectivity index (χ0n) is 16.2. The van der Waals surface area contributed by atoms with Crippen molar-refractivity contribution in [3.05, 3.63) is 24.3 Å². The number of hydrogen-bond donors (Lipinski definition) is 2. The Bertz CT molecular complexity index is 847. The second-order valence-corrected chi connectivity index (χ2v) is 9.60. The van der Waals surface area contributed by atoms with Gasteiger partial charge in [-0.15, -0.1) is 13.2 Å². The smallest absolute Gasteiger partial charge is 0.490 e. The zero-order valence-corrected chi connectivity index (χ0v) is 17.0. The van der Waals surface area contributed by atoms with Crippen LogP contribution >= 0.6 is 0 Å². The van der Waals surface area contributed by atoms with Gasteiger partial charge in [0.05, 0.1) is 0 Å². The minimum Gasteiger partial charge on any atom is -0.490 e. The van der Waals surface area contributed by atoms with Crippen LogP contribution in [0.1, 0.15) is 25.7 Å². The van der Waals surface area contributed by atoms with Crippen molar-refractivity contribution in [2.24, 2.45) is 5.73 Å². The normalized spacial score (nSPS) is 21.2. The second kappa shape index (κ2) is 8.60. The number of primary amides is 1. The third-order valence-electron chi connectivity index (χ3n) is 5.45. The van der Waals surface area contributed by atoms with Gasteiger partial charge in [-0.1, -0.05) is 0 Å². The average molecular weight is 451 g/mol. The number of carbonyl (C=O) groups excluding carboxylic acids is 1. The van der Waals surface area contributed by atoms with E-state index in [0.717, 1.165) is 12.1 Å². The highest BCUT2D eigenvalue weighted by atomic mass is 32.2. The van der Waals surface area contributed by atoms with E-state index in [0.29, 0.717) is 31.7 Å². The van der Waals surface area contributed by atoms with Crippen LogP contribution < -0.4 is 20.5 Å². The molecule has 1 aromatic rings. The molecule has 0 aromatic heterocycles. The molecule has 12 heteroatoms. The molecule has 0 spiro atoms. The minimum absolute atomic E-state index is 0.132. The predicted octanol–water partition coefficient (Wildman–Crippen LogP) is 1.37. The van der Waals surface area contributed by atoms with Gasteiger partial charge in [0.15, 0.2) is 4.75 Å². The molecule has 30 heavy (non-hydrogen) atoms. The molecule has 168 valence electrons. The molecular weight excluding hydrogens is 427 g/mol. The Morgan fingerprint density at radius 1 is 1.10 bits per heavy atom. The molecule has 2 aliphatic rings. The van der Waals surface area contributed by atoms with E-state index in [1.54, 1.807) is 0 Å². The van der Waals surface area contributed by atoms with Crippen LogP contribution in [0.25, 0.3) is 0 Å². The lowest BCUT2D eigenvalue weighted by Gasteiger charge is -2.40. The third-order valence-corrected chi connectivity index (χ3v) is 8.10. The van der Waals surface area contributed by atoms with E-state index in [1.807, 2.05) is 0 Å². The van der Waals surface area contributed by atoms with Crippen LogP contribution in [0.4, 0.5) is 13.2 Å². The van der Waals surface area contributed by atoms with Crippen molar-refractivity contribution >= 4 is 15.9 Å². The van der Waals surface area contributed by atoms with Gasteiger partial charge in [0.1, 0.15) is 17.6 Å². The van der Waals surface area contributed by atoms with Gasteiger partial charge in [-0.05, 0) is 63.0 Å². The maximum Gasteiger partial charge on any atom is 0.573 e. The van der Waals surface area contributed by atoms with Gasteiger partial charge in [-0.3, -0.25) is 4.79 Å². The number of nitrogens with one attached hydrogen (secondary N) is 1. The summed E-state index contributed by atoms with van der Waals surface area (Å²) in [5.74, 6) is -0.823. The number of benzene rings is 1. The molecule has 2 aliphatic heterocycles. The topological polar surface area (TPSA) is 111 Å². The SMILES string of the molecule is NC(=O)C1(S(=O)(=O)N2CCC(Oc3ccc(OC(F)(F)F)cc3)CC2)CCNCC1. The molecule has 2 saturated heterocycles. The standard InChI is InChI=1S/C18H24F3N3O5S/c19-18(20,21)29-15-3-1-13(2-4-15)28-14-5-11-24(12-6-14)30(26,27)17(16(22)25)7-9-23-10-8-17/h1-4,14,23H,5-12H2,(H2,22,25). The summed E-state index contributed by atoms with van der Waals surface area (Å²) < 4.78 is 72.3. The molecular formula is C18H24F3N3O5S. The summed E-state index contributed by atoms with van der Waals surface area (Å²) >= 11 is 0. The number of carbonyl (C=O) groups is 1. The molecule has 1 aromatic carbocycles. The number of nitrogens with zero attached hydrogens (tertiary/aromatic N) is 1. The first kappa shape index (κ1) is 22.6. The summed E-state index contributed by atoms with van der Waals surface area (Å²) in [6.07, 6.45) is -4.04. The van der Waals surface area contributed by atoms with Crippen molar-refractivity contribution in [2.45, 2.75) is 42.9 Å². The first-order valence-corrected chi connectivity index (χ1v) is 11.0. The second-order valence-electron chi connectivity index (χ2n) is 7.35. The maximum absolute atomic E-state index is 13.2. The van der Waals surface area contributed by atoms with Gasteiger partial charge in [-0.2, -0.15) is 0 Å². The lowest BCUT2D eigenvalue weighted by molar-refractivity contribution is -0.274. The molecule has 8 nitrogen and oxygen atoms in total. The van der Waals surface area contributed by atoms with Gasteiger partial charge < -0.3 is 20.5 Å². The molecule has 0 saturated carbocycles. The van der Waals surface area contributed by atoms with Gasteiger partial charge in [0.2, 0.25) is 15.9 Å². The van der Waals surface area contributed by atoms with Gasteiger partial charge in [0, 0.05) is 13.1 Å². The molecule has 0 atom stereocenters. The van der Waals surface area contributed by atoms with E-state index in [-0.39, 0.29) is 37.8 Å². The van der Waals surface area contributed by atoms with Crippen LogP contribution in [-0.2, 0) is 14.8 Å². The van der Waals surface area contributed by atoms with Crippen molar-refractivity contribution in [3.8, 4) is 11.5 Å². The fraction of sp³-hybridized carbons (Fsp3) is 0.611. The fourth-order valence-corrected chi connectivity index (χ4v) is 5.97. The molecule has 1 amide bonds. The highest BCUT2D eigenvalue weighted by Crippen LogP contribution is 2.33. The Balaban J connectivity index is 1.60. The molecule has 2 fully saturated rings.